The summed E-state index contributed by atoms with van der Waals surface area (Å²) in [5.41, 5.74) is 5.49. The quantitative estimate of drug-likeness (QED) is 0.295. The fraction of sp³-hybridized carbons (Fsp3) is 0.308. The monoisotopic (exact) mass is 500 g/mol. The fourth-order valence-corrected chi connectivity index (χ4v) is 4.91. The van der Waals surface area contributed by atoms with Crippen molar-refractivity contribution in [3.8, 4) is 28.4 Å². The van der Waals surface area contributed by atoms with Gasteiger partial charge in [0, 0.05) is 18.5 Å². The summed E-state index contributed by atoms with van der Waals surface area (Å²) in [6.07, 6.45) is 0.758. The van der Waals surface area contributed by atoms with Crippen molar-refractivity contribution in [3.63, 3.8) is 0 Å². The number of aromatic amines is 1. The van der Waals surface area contributed by atoms with E-state index in [2.05, 4.69) is 93.4 Å². The number of nitrogens with one attached hydrogen (secondary N) is 1. The molecule has 184 valence electrons. The van der Waals surface area contributed by atoms with Crippen LogP contribution in [-0.2, 0) is 13.0 Å². The molecule has 0 bridgehead atoms. The number of aromatic hydroxyl groups is 1. The van der Waals surface area contributed by atoms with Crippen LogP contribution in [0.5, 0.6) is 5.88 Å². The van der Waals surface area contributed by atoms with Crippen LogP contribution in [0.25, 0.3) is 33.5 Å². The number of thioether (sulfide) groups is 1. The van der Waals surface area contributed by atoms with Crippen molar-refractivity contribution in [3.05, 3.63) is 59.9 Å². The highest BCUT2D eigenvalue weighted by Crippen LogP contribution is 2.34. The predicted octanol–water partition coefficient (Wildman–Crippen LogP) is 5.13. The summed E-state index contributed by atoms with van der Waals surface area (Å²) < 4.78 is 2.08. The maximum atomic E-state index is 10.7. The second kappa shape index (κ2) is 9.69. The van der Waals surface area contributed by atoms with Gasteiger partial charge in [-0.05, 0) is 38.3 Å². The third-order valence-electron chi connectivity index (χ3n) is 5.80. The Kier molecular flexibility index (Phi) is 6.44. The SMILES string of the molecule is CCSc1nnc(O)c2c1nc(CC(C)(C)C)n2Cc1ccc(-c2ccccc2-c2nnn[nH]2)cc1. The van der Waals surface area contributed by atoms with E-state index in [1.54, 1.807) is 11.8 Å². The van der Waals surface area contributed by atoms with Crippen LogP contribution in [0.2, 0.25) is 0 Å². The Labute approximate surface area is 213 Å². The van der Waals surface area contributed by atoms with Crippen molar-refractivity contribution in [2.24, 2.45) is 5.41 Å². The molecule has 5 rings (SSSR count). The van der Waals surface area contributed by atoms with Crippen LogP contribution in [-0.4, -0.2) is 51.2 Å². The summed E-state index contributed by atoms with van der Waals surface area (Å²) in [6, 6.07) is 16.4. The predicted molar refractivity (Wildman–Crippen MR) is 141 cm³/mol. The number of hydrogen-bond acceptors (Lipinski definition) is 8. The van der Waals surface area contributed by atoms with Crippen molar-refractivity contribution in [2.75, 3.05) is 5.75 Å². The van der Waals surface area contributed by atoms with Crippen LogP contribution < -0.4 is 0 Å². The molecule has 0 unspecified atom stereocenters. The van der Waals surface area contributed by atoms with Crippen LogP contribution in [0.3, 0.4) is 0 Å². The zero-order valence-corrected chi connectivity index (χ0v) is 21.5. The first-order valence-corrected chi connectivity index (χ1v) is 12.8. The highest BCUT2D eigenvalue weighted by atomic mass is 32.2. The fourth-order valence-electron chi connectivity index (χ4n) is 4.26. The topological polar surface area (TPSA) is 118 Å². The standard InChI is InChI=1S/C26H28N8OS/c1-5-36-25-21-22(24(35)30-31-25)34(20(27-21)14-26(2,3)4)15-16-10-12-17(13-11-16)18-8-6-7-9-19(18)23-28-32-33-29-23/h6-13H,5,14-15H2,1-4H3,(H,30,35)(H,28,29,32,33). The molecule has 0 atom stereocenters. The van der Waals surface area contributed by atoms with Crippen molar-refractivity contribution in [1.82, 2.24) is 40.4 Å². The summed E-state index contributed by atoms with van der Waals surface area (Å²) in [7, 11) is 0. The second-order valence-electron chi connectivity index (χ2n) is 9.80. The molecule has 10 heteroatoms. The first-order valence-electron chi connectivity index (χ1n) is 11.8. The van der Waals surface area contributed by atoms with Crippen molar-refractivity contribution in [1.29, 1.82) is 0 Å². The minimum Gasteiger partial charge on any atom is -0.491 e. The van der Waals surface area contributed by atoms with Crippen LogP contribution >= 0.6 is 11.8 Å². The molecule has 0 fully saturated rings. The van der Waals surface area contributed by atoms with E-state index in [1.165, 1.54) is 0 Å². The van der Waals surface area contributed by atoms with Crippen LogP contribution in [0, 0.1) is 5.41 Å². The Morgan fingerprint density at radius 2 is 1.72 bits per heavy atom. The molecule has 0 saturated heterocycles. The molecule has 0 amide bonds. The van der Waals surface area contributed by atoms with E-state index in [0.717, 1.165) is 45.3 Å². The van der Waals surface area contributed by atoms with Gasteiger partial charge in [-0.1, -0.05) is 76.2 Å². The van der Waals surface area contributed by atoms with Gasteiger partial charge in [0.05, 0.1) is 0 Å². The van der Waals surface area contributed by atoms with Gasteiger partial charge >= 0.3 is 0 Å². The second-order valence-corrected chi connectivity index (χ2v) is 11.1. The molecule has 9 nitrogen and oxygen atoms in total. The van der Waals surface area contributed by atoms with Gasteiger partial charge in [-0.15, -0.1) is 27.1 Å². The van der Waals surface area contributed by atoms with Crippen molar-refractivity contribution < 1.29 is 5.11 Å². The molecule has 0 saturated carbocycles. The molecule has 0 radical (unpaired) electrons. The van der Waals surface area contributed by atoms with Crippen molar-refractivity contribution >= 4 is 22.8 Å². The number of imidazole rings is 1. The van der Waals surface area contributed by atoms with E-state index in [9.17, 15) is 5.11 Å². The maximum absolute atomic E-state index is 10.7. The Morgan fingerprint density at radius 3 is 2.39 bits per heavy atom. The van der Waals surface area contributed by atoms with Crippen molar-refractivity contribution in [2.45, 2.75) is 45.7 Å². The average Bonchev–Trinajstić information content (AvgIpc) is 3.50. The summed E-state index contributed by atoms with van der Waals surface area (Å²) in [5.74, 6) is 2.30. The van der Waals surface area contributed by atoms with Gasteiger partial charge in [-0.2, -0.15) is 0 Å². The average molecular weight is 501 g/mol. The highest BCUT2D eigenvalue weighted by Gasteiger charge is 2.23. The molecule has 5 aromatic rings. The van der Waals surface area contributed by atoms with Gasteiger partial charge < -0.3 is 9.67 Å². The smallest absolute Gasteiger partial charge is 0.257 e. The normalized spacial score (nSPS) is 11.9. The molecular formula is C26H28N8OS. The van der Waals surface area contributed by atoms with Gasteiger partial charge in [0.25, 0.3) is 5.88 Å². The zero-order valence-electron chi connectivity index (χ0n) is 20.7. The minimum atomic E-state index is -0.0932. The van der Waals surface area contributed by atoms with Gasteiger partial charge in [0.15, 0.2) is 5.82 Å². The Bertz CT molecular complexity index is 1490. The third kappa shape index (κ3) is 4.81. The van der Waals surface area contributed by atoms with E-state index >= 15 is 0 Å². The molecule has 0 aliphatic rings. The summed E-state index contributed by atoms with van der Waals surface area (Å²) in [6.45, 7) is 9.18. The Hall–Kier alpha value is -3.79. The molecule has 3 heterocycles. The molecule has 0 aliphatic carbocycles. The van der Waals surface area contributed by atoms with E-state index in [-0.39, 0.29) is 11.3 Å². The maximum Gasteiger partial charge on any atom is 0.257 e. The molecular weight excluding hydrogens is 472 g/mol. The molecule has 2 N–H and O–H groups in total. The van der Waals surface area contributed by atoms with Crippen LogP contribution in [0.15, 0.2) is 53.6 Å². The Morgan fingerprint density at radius 1 is 0.972 bits per heavy atom. The van der Waals surface area contributed by atoms with E-state index < -0.39 is 0 Å². The number of tetrazole rings is 1. The molecule has 3 aromatic heterocycles. The summed E-state index contributed by atoms with van der Waals surface area (Å²) >= 11 is 1.58. The van der Waals surface area contributed by atoms with Crippen LogP contribution in [0.1, 0.15) is 39.1 Å². The van der Waals surface area contributed by atoms with Crippen LogP contribution in [0.4, 0.5) is 0 Å². The molecule has 0 spiro atoms. The lowest BCUT2D eigenvalue weighted by atomic mass is 9.92. The number of nitrogens with zero attached hydrogens (tertiary/aromatic N) is 7. The van der Waals surface area contributed by atoms with E-state index in [0.29, 0.717) is 23.4 Å². The molecule has 0 aliphatic heterocycles. The first kappa shape index (κ1) is 23.9. The lowest BCUT2D eigenvalue weighted by Gasteiger charge is -2.19. The van der Waals surface area contributed by atoms with Gasteiger partial charge in [0.2, 0.25) is 0 Å². The number of fused-ring (bicyclic) bond motifs is 1. The first-order chi connectivity index (χ1) is 17.3. The number of hydrogen-bond donors (Lipinski definition) is 2. The van der Waals surface area contributed by atoms with E-state index in [4.69, 9.17) is 4.98 Å². The minimum absolute atomic E-state index is 0.0246. The lowest BCUT2D eigenvalue weighted by Crippen LogP contribution is -2.15. The van der Waals surface area contributed by atoms with Gasteiger partial charge in [-0.3, -0.25) is 0 Å². The largest absolute Gasteiger partial charge is 0.491 e. The van der Waals surface area contributed by atoms with Gasteiger partial charge in [-0.25, -0.2) is 10.1 Å². The lowest BCUT2D eigenvalue weighted by molar-refractivity contribution is 0.393. The number of benzene rings is 2. The number of H-pyrrole nitrogens is 1. The third-order valence-corrected chi connectivity index (χ3v) is 6.64. The molecule has 36 heavy (non-hydrogen) atoms. The number of aromatic nitrogens is 8. The molecule has 2 aromatic carbocycles. The number of rotatable bonds is 7. The zero-order chi connectivity index (χ0) is 25.3. The summed E-state index contributed by atoms with van der Waals surface area (Å²) in [5, 5.41) is 34.0. The van der Waals surface area contributed by atoms with Gasteiger partial charge in [0.1, 0.15) is 21.9 Å². The Balaban J connectivity index is 1.54. The van der Waals surface area contributed by atoms with E-state index in [1.807, 2.05) is 18.2 Å². The summed E-state index contributed by atoms with van der Waals surface area (Å²) in [4.78, 5) is 4.94. The highest BCUT2D eigenvalue weighted by molar-refractivity contribution is 7.99.